The first-order valence-corrected chi connectivity index (χ1v) is 8.99. The molecule has 2 aromatic heterocycles. The number of likely N-dealkylation sites (tertiary alicyclic amines) is 1. The van der Waals surface area contributed by atoms with E-state index in [-0.39, 0.29) is 11.9 Å². The predicted molar refractivity (Wildman–Crippen MR) is 93.0 cm³/mol. The van der Waals surface area contributed by atoms with Gasteiger partial charge in [0.2, 0.25) is 0 Å². The number of rotatable bonds is 4. The maximum atomic E-state index is 12.4. The molecule has 1 aliphatic rings. The Hall–Kier alpha value is -1.83. The minimum Gasteiger partial charge on any atom is -0.390 e. The summed E-state index contributed by atoms with van der Waals surface area (Å²) in [5.74, 6) is -0.152. The SMILES string of the molecule is Cc1cc(C(=O)N[C@@H]2CCN(Cc3cscn3)C[C@H]2O)cc(C)n1. The summed E-state index contributed by atoms with van der Waals surface area (Å²) in [6.07, 6.45) is 0.144. The molecule has 1 saturated heterocycles. The number of β-amino-alcohol motifs (C(OH)–C–C–N with tert-alkyl or cyclic N) is 1. The van der Waals surface area contributed by atoms with Crippen molar-refractivity contribution in [3.63, 3.8) is 0 Å². The molecule has 0 aromatic carbocycles. The Kier molecular flexibility index (Phi) is 5.23. The summed E-state index contributed by atoms with van der Waals surface area (Å²) in [6, 6.07) is 3.32. The van der Waals surface area contributed by atoms with Gasteiger partial charge in [0.15, 0.2) is 0 Å². The van der Waals surface area contributed by atoms with Crippen molar-refractivity contribution in [2.45, 2.75) is 39.0 Å². The van der Waals surface area contributed by atoms with Gasteiger partial charge in [-0.05, 0) is 32.4 Å². The number of nitrogens with one attached hydrogen (secondary N) is 1. The quantitative estimate of drug-likeness (QED) is 0.878. The molecule has 0 unspecified atom stereocenters. The van der Waals surface area contributed by atoms with E-state index in [0.29, 0.717) is 12.1 Å². The second kappa shape index (κ2) is 7.38. The van der Waals surface area contributed by atoms with Crippen LogP contribution in [0.25, 0.3) is 0 Å². The van der Waals surface area contributed by atoms with Crippen LogP contribution in [0, 0.1) is 13.8 Å². The zero-order valence-electron chi connectivity index (χ0n) is 13.9. The third-order valence-electron chi connectivity index (χ3n) is 4.20. The number of hydrogen-bond donors (Lipinski definition) is 2. The predicted octanol–water partition coefficient (Wildman–Crippen LogP) is 1.52. The van der Waals surface area contributed by atoms with Crippen molar-refractivity contribution < 1.29 is 9.90 Å². The van der Waals surface area contributed by atoms with Gasteiger partial charge < -0.3 is 10.4 Å². The Bertz CT molecular complexity index is 684. The first kappa shape index (κ1) is 17.0. The van der Waals surface area contributed by atoms with Gasteiger partial charge in [-0.3, -0.25) is 14.7 Å². The van der Waals surface area contributed by atoms with Gasteiger partial charge in [0.1, 0.15) is 0 Å². The van der Waals surface area contributed by atoms with Crippen molar-refractivity contribution in [1.82, 2.24) is 20.2 Å². The summed E-state index contributed by atoms with van der Waals surface area (Å²) in [5.41, 5.74) is 5.07. The van der Waals surface area contributed by atoms with Crippen LogP contribution in [0.5, 0.6) is 0 Å². The highest BCUT2D eigenvalue weighted by Gasteiger charge is 2.29. The molecule has 0 aliphatic carbocycles. The van der Waals surface area contributed by atoms with E-state index in [1.807, 2.05) is 24.7 Å². The maximum absolute atomic E-state index is 12.4. The molecule has 1 aliphatic heterocycles. The summed E-state index contributed by atoms with van der Waals surface area (Å²) >= 11 is 1.58. The van der Waals surface area contributed by atoms with E-state index in [0.717, 1.165) is 36.6 Å². The van der Waals surface area contributed by atoms with E-state index >= 15 is 0 Å². The van der Waals surface area contributed by atoms with Gasteiger partial charge in [0.25, 0.3) is 5.91 Å². The van der Waals surface area contributed by atoms with Gasteiger partial charge in [-0.2, -0.15) is 0 Å². The van der Waals surface area contributed by atoms with Crippen LogP contribution < -0.4 is 5.32 Å². The molecule has 2 atom stereocenters. The summed E-state index contributed by atoms with van der Waals surface area (Å²) in [6.45, 7) is 5.85. The average molecular weight is 346 g/mol. The van der Waals surface area contributed by atoms with E-state index in [1.54, 1.807) is 23.5 Å². The molecular formula is C17H22N4O2S. The van der Waals surface area contributed by atoms with E-state index in [1.165, 1.54) is 0 Å². The molecule has 3 heterocycles. The number of aliphatic hydroxyl groups is 1. The second-order valence-corrected chi connectivity index (χ2v) is 7.01. The Morgan fingerprint density at radius 1 is 1.42 bits per heavy atom. The number of aromatic nitrogens is 2. The molecule has 2 aromatic rings. The molecular weight excluding hydrogens is 324 g/mol. The minimum absolute atomic E-state index is 0.152. The lowest BCUT2D eigenvalue weighted by molar-refractivity contribution is 0.0346. The molecule has 1 amide bonds. The van der Waals surface area contributed by atoms with Crippen molar-refractivity contribution in [2.24, 2.45) is 0 Å². The summed E-state index contributed by atoms with van der Waals surface area (Å²) in [7, 11) is 0. The Morgan fingerprint density at radius 2 is 2.17 bits per heavy atom. The van der Waals surface area contributed by atoms with E-state index < -0.39 is 6.10 Å². The molecule has 6 nitrogen and oxygen atoms in total. The highest BCUT2D eigenvalue weighted by molar-refractivity contribution is 7.07. The van der Waals surface area contributed by atoms with Crippen LogP contribution in [0.15, 0.2) is 23.0 Å². The number of carbonyl (C=O) groups excluding carboxylic acids is 1. The fourth-order valence-corrected chi connectivity index (χ4v) is 3.62. The summed E-state index contributed by atoms with van der Waals surface area (Å²) in [5, 5.41) is 15.4. The Labute approximate surface area is 145 Å². The second-order valence-electron chi connectivity index (χ2n) is 6.29. The molecule has 128 valence electrons. The van der Waals surface area contributed by atoms with Crippen LogP contribution in [0.1, 0.15) is 33.9 Å². The average Bonchev–Trinajstić information content (AvgIpc) is 3.02. The van der Waals surface area contributed by atoms with Gasteiger partial charge in [0.05, 0.1) is 23.4 Å². The number of nitrogens with zero attached hydrogens (tertiary/aromatic N) is 3. The number of hydrogen-bond acceptors (Lipinski definition) is 6. The van der Waals surface area contributed by atoms with Crippen LogP contribution >= 0.6 is 11.3 Å². The zero-order valence-corrected chi connectivity index (χ0v) is 14.7. The topological polar surface area (TPSA) is 78.4 Å². The third-order valence-corrected chi connectivity index (χ3v) is 4.83. The van der Waals surface area contributed by atoms with Crippen LogP contribution in [0.2, 0.25) is 0 Å². The summed E-state index contributed by atoms with van der Waals surface area (Å²) in [4.78, 5) is 23.2. The highest BCUT2D eigenvalue weighted by atomic mass is 32.1. The zero-order chi connectivity index (χ0) is 17.1. The van der Waals surface area contributed by atoms with Crippen LogP contribution in [-0.4, -0.2) is 51.1 Å². The number of aryl methyl sites for hydroxylation is 2. The molecule has 24 heavy (non-hydrogen) atoms. The lowest BCUT2D eigenvalue weighted by atomic mass is 10.0. The first-order chi connectivity index (χ1) is 11.5. The highest BCUT2D eigenvalue weighted by Crippen LogP contribution is 2.15. The monoisotopic (exact) mass is 346 g/mol. The van der Waals surface area contributed by atoms with Crippen molar-refractivity contribution in [3.05, 3.63) is 45.7 Å². The van der Waals surface area contributed by atoms with Crippen molar-refractivity contribution in [2.75, 3.05) is 13.1 Å². The normalized spacial score (nSPS) is 21.6. The van der Waals surface area contributed by atoms with Gasteiger partial charge in [-0.25, -0.2) is 4.98 Å². The smallest absolute Gasteiger partial charge is 0.251 e. The lowest BCUT2D eigenvalue weighted by Crippen LogP contribution is -2.53. The summed E-state index contributed by atoms with van der Waals surface area (Å²) < 4.78 is 0. The molecule has 3 rings (SSSR count). The van der Waals surface area contributed by atoms with Crippen LogP contribution in [0.4, 0.5) is 0 Å². The Morgan fingerprint density at radius 3 is 2.79 bits per heavy atom. The van der Waals surface area contributed by atoms with Crippen molar-refractivity contribution in [3.8, 4) is 0 Å². The number of aliphatic hydroxyl groups excluding tert-OH is 1. The lowest BCUT2D eigenvalue weighted by Gasteiger charge is -2.35. The number of carbonyl (C=O) groups is 1. The minimum atomic E-state index is -0.578. The molecule has 0 saturated carbocycles. The van der Waals surface area contributed by atoms with Gasteiger partial charge in [-0.15, -0.1) is 11.3 Å². The Balaban J connectivity index is 1.57. The number of thiazole rings is 1. The fourth-order valence-electron chi connectivity index (χ4n) is 3.07. The van der Waals surface area contributed by atoms with Gasteiger partial charge >= 0.3 is 0 Å². The molecule has 0 spiro atoms. The number of amides is 1. The van der Waals surface area contributed by atoms with Crippen molar-refractivity contribution in [1.29, 1.82) is 0 Å². The molecule has 7 heteroatoms. The molecule has 0 radical (unpaired) electrons. The van der Waals surface area contributed by atoms with Crippen LogP contribution in [0.3, 0.4) is 0 Å². The standard InChI is InChI=1S/C17H22N4O2S/c1-11-5-13(6-12(2)19-11)17(23)20-15-3-4-21(8-16(15)22)7-14-9-24-10-18-14/h5-6,9-10,15-16,22H,3-4,7-8H2,1-2H3,(H,20,23)/t15-,16-/m1/s1. The van der Waals surface area contributed by atoms with Crippen molar-refractivity contribution >= 4 is 17.2 Å². The van der Waals surface area contributed by atoms with Crippen LogP contribution in [-0.2, 0) is 6.54 Å². The van der Waals surface area contributed by atoms with E-state index in [9.17, 15) is 9.90 Å². The number of pyridine rings is 1. The van der Waals surface area contributed by atoms with E-state index in [4.69, 9.17) is 0 Å². The molecule has 1 fully saturated rings. The number of piperidine rings is 1. The molecule has 0 bridgehead atoms. The maximum Gasteiger partial charge on any atom is 0.251 e. The first-order valence-electron chi connectivity index (χ1n) is 8.05. The van der Waals surface area contributed by atoms with E-state index in [2.05, 4.69) is 20.2 Å². The third kappa shape index (κ3) is 4.17. The van der Waals surface area contributed by atoms with Gasteiger partial charge in [-0.1, -0.05) is 0 Å². The molecule has 2 N–H and O–H groups in total. The van der Waals surface area contributed by atoms with Gasteiger partial charge in [0, 0.05) is 42.0 Å². The fraction of sp³-hybridized carbons (Fsp3) is 0.471. The largest absolute Gasteiger partial charge is 0.390 e.